The molecule has 0 bridgehead atoms. The molecule has 0 spiro atoms. The Kier molecular flexibility index (Phi) is 4.28. The summed E-state index contributed by atoms with van der Waals surface area (Å²) in [6, 6.07) is 9.44. The summed E-state index contributed by atoms with van der Waals surface area (Å²) >= 11 is 11.7. The van der Waals surface area contributed by atoms with E-state index in [1.807, 2.05) is 0 Å². The zero-order chi connectivity index (χ0) is 14.9. The van der Waals surface area contributed by atoms with Crippen molar-refractivity contribution in [3.05, 3.63) is 57.6 Å². The molecule has 0 aliphatic rings. The minimum Gasteiger partial charge on any atom is -0.279 e. The molecular weight excluding hydrogens is 317 g/mol. The second-order valence-electron chi connectivity index (χ2n) is 4.47. The van der Waals surface area contributed by atoms with E-state index in [2.05, 4.69) is 4.72 Å². The standard InChI is InChI=1S/C14H13Cl2NO2S/c1-9-7-12(16)8-10(2)14(9)17-20(18,19)13-5-3-11(15)4-6-13/h3-8,17H,1-2H3. The first-order valence-electron chi connectivity index (χ1n) is 5.85. The van der Waals surface area contributed by atoms with Crippen molar-refractivity contribution in [3.63, 3.8) is 0 Å². The summed E-state index contributed by atoms with van der Waals surface area (Å²) < 4.78 is 27.2. The molecule has 0 fully saturated rings. The molecule has 0 aliphatic heterocycles. The molecule has 0 atom stereocenters. The number of sulfonamides is 1. The average Bonchev–Trinajstić information content (AvgIpc) is 2.34. The molecule has 3 nitrogen and oxygen atoms in total. The van der Waals surface area contributed by atoms with Crippen LogP contribution >= 0.6 is 23.2 Å². The van der Waals surface area contributed by atoms with E-state index >= 15 is 0 Å². The lowest BCUT2D eigenvalue weighted by Crippen LogP contribution is -2.14. The summed E-state index contributed by atoms with van der Waals surface area (Å²) in [6.45, 7) is 3.61. The zero-order valence-electron chi connectivity index (χ0n) is 10.9. The van der Waals surface area contributed by atoms with Crippen LogP contribution in [0.2, 0.25) is 10.0 Å². The number of anilines is 1. The van der Waals surface area contributed by atoms with Gasteiger partial charge < -0.3 is 0 Å². The van der Waals surface area contributed by atoms with E-state index in [9.17, 15) is 8.42 Å². The average molecular weight is 330 g/mol. The van der Waals surface area contributed by atoms with Crippen LogP contribution in [0.25, 0.3) is 0 Å². The minimum atomic E-state index is -3.64. The smallest absolute Gasteiger partial charge is 0.261 e. The fourth-order valence-corrected chi connectivity index (χ4v) is 3.53. The summed E-state index contributed by atoms with van der Waals surface area (Å²) in [7, 11) is -3.64. The first kappa shape index (κ1) is 15.2. The molecule has 0 heterocycles. The van der Waals surface area contributed by atoms with Crippen molar-refractivity contribution < 1.29 is 8.42 Å². The van der Waals surface area contributed by atoms with Gasteiger partial charge in [-0.25, -0.2) is 8.42 Å². The predicted molar refractivity (Wildman–Crippen MR) is 83.2 cm³/mol. The Balaban J connectivity index is 2.41. The second kappa shape index (κ2) is 5.64. The minimum absolute atomic E-state index is 0.163. The van der Waals surface area contributed by atoms with Gasteiger partial charge in [0.05, 0.1) is 10.6 Å². The largest absolute Gasteiger partial charge is 0.279 e. The van der Waals surface area contributed by atoms with Crippen LogP contribution in [-0.4, -0.2) is 8.42 Å². The Hall–Kier alpha value is -1.23. The van der Waals surface area contributed by atoms with Gasteiger partial charge in [-0.3, -0.25) is 4.72 Å². The zero-order valence-corrected chi connectivity index (χ0v) is 13.3. The van der Waals surface area contributed by atoms with Crippen molar-refractivity contribution >= 4 is 38.9 Å². The van der Waals surface area contributed by atoms with Gasteiger partial charge in [-0.1, -0.05) is 23.2 Å². The molecule has 20 heavy (non-hydrogen) atoms. The van der Waals surface area contributed by atoms with E-state index in [1.54, 1.807) is 26.0 Å². The van der Waals surface area contributed by atoms with Gasteiger partial charge in [0.15, 0.2) is 0 Å². The number of nitrogens with one attached hydrogen (secondary N) is 1. The number of aryl methyl sites for hydroxylation is 2. The van der Waals surface area contributed by atoms with E-state index < -0.39 is 10.0 Å². The van der Waals surface area contributed by atoms with Crippen molar-refractivity contribution in [1.82, 2.24) is 0 Å². The molecule has 106 valence electrons. The van der Waals surface area contributed by atoms with E-state index in [0.29, 0.717) is 15.7 Å². The van der Waals surface area contributed by atoms with Crippen LogP contribution in [0.3, 0.4) is 0 Å². The third-order valence-electron chi connectivity index (χ3n) is 2.86. The van der Waals surface area contributed by atoms with Crippen LogP contribution < -0.4 is 4.72 Å². The third kappa shape index (κ3) is 3.26. The Morgan fingerprint density at radius 2 is 1.40 bits per heavy atom. The van der Waals surface area contributed by atoms with Crippen molar-refractivity contribution in [3.8, 4) is 0 Å². The lowest BCUT2D eigenvalue weighted by atomic mass is 10.1. The predicted octanol–water partition coefficient (Wildman–Crippen LogP) is 4.41. The molecule has 0 aliphatic carbocycles. The van der Waals surface area contributed by atoms with Crippen molar-refractivity contribution in [2.45, 2.75) is 18.7 Å². The third-order valence-corrected chi connectivity index (χ3v) is 4.69. The molecule has 2 aromatic carbocycles. The summed E-state index contributed by atoms with van der Waals surface area (Å²) in [5.41, 5.74) is 2.09. The van der Waals surface area contributed by atoms with Crippen LogP contribution in [0.15, 0.2) is 41.3 Å². The van der Waals surface area contributed by atoms with E-state index in [-0.39, 0.29) is 4.90 Å². The number of benzene rings is 2. The molecule has 0 aromatic heterocycles. The first-order chi connectivity index (χ1) is 9.29. The van der Waals surface area contributed by atoms with Crippen LogP contribution in [0.4, 0.5) is 5.69 Å². The van der Waals surface area contributed by atoms with Crippen LogP contribution in [0.5, 0.6) is 0 Å². The number of halogens is 2. The summed E-state index contributed by atoms with van der Waals surface area (Å²) in [5, 5.41) is 1.07. The van der Waals surface area contributed by atoms with Gasteiger partial charge in [-0.2, -0.15) is 0 Å². The van der Waals surface area contributed by atoms with E-state index in [1.165, 1.54) is 24.3 Å². The normalized spacial score (nSPS) is 11.4. The fraction of sp³-hybridized carbons (Fsp3) is 0.143. The molecule has 0 amide bonds. The Morgan fingerprint density at radius 3 is 1.90 bits per heavy atom. The monoisotopic (exact) mass is 329 g/mol. The number of rotatable bonds is 3. The highest BCUT2D eigenvalue weighted by Crippen LogP contribution is 2.27. The van der Waals surface area contributed by atoms with Gasteiger partial charge in [0.1, 0.15) is 0 Å². The molecule has 0 saturated heterocycles. The molecule has 6 heteroatoms. The van der Waals surface area contributed by atoms with Gasteiger partial charge in [-0.15, -0.1) is 0 Å². The Morgan fingerprint density at radius 1 is 0.900 bits per heavy atom. The lowest BCUT2D eigenvalue weighted by molar-refractivity contribution is 0.601. The SMILES string of the molecule is Cc1cc(Cl)cc(C)c1NS(=O)(=O)c1ccc(Cl)cc1. The van der Waals surface area contributed by atoms with Crippen LogP contribution in [0.1, 0.15) is 11.1 Å². The fourth-order valence-electron chi connectivity index (χ4n) is 1.88. The van der Waals surface area contributed by atoms with Crippen molar-refractivity contribution in [2.75, 3.05) is 4.72 Å². The molecule has 0 unspecified atom stereocenters. The Bertz CT molecular complexity index is 717. The maximum Gasteiger partial charge on any atom is 0.261 e. The lowest BCUT2D eigenvalue weighted by Gasteiger charge is -2.13. The molecule has 2 rings (SSSR count). The van der Waals surface area contributed by atoms with Gasteiger partial charge >= 0.3 is 0 Å². The topological polar surface area (TPSA) is 46.2 Å². The highest BCUT2D eigenvalue weighted by molar-refractivity contribution is 7.92. The number of hydrogen-bond donors (Lipinski definition) is 1. The highest BCUT2D eigenvalue weighted by Gasteiger charge is 2.16. The molecule has 2 aromatic rings. The summed E-state index contributed by atoms with van der Waals surface area (Å²) in [4.78, 5) is 0.163. The second-order valence-corrected chi connectivity index (χ2v) is 7.03. The molecule has 0 radical (unpaired) electrons. The quantitative estimate of drug-likeness (QED) is 0.906. The van der Waals surface area contributed by atoms with E-state index in [0.717, 1.165) is 11.1 Å². The van der Waals surface area contributed by atoms with Crippen molar-refractivity contribution in [1.29, 1.82) is 0 Å². The highest BCUT2D eigenvalue weighted by atomic mass is 35.5. The van der Waals surface area contributed by atoms with Gasteiger partial charge in [0.25, 0.3) is 10.0 Å². The maximum atomic E-state index is 12.3. The first-order valence-corrected chi connectivity index (χ1v) is 8.08. The maximum absolute atomic E-state index is 12.3. The summed E-state index contributed by atoms with van der Waals surface area (Å²) in [6.07, 6.45) is 0. The number of hydrogen-bond acceptors (Lipinski definition) is 2. The molecule has 0 saturated carbocycles. The van der Waals surface area contributed by atoms with Gasteiger partial charge in [0.2, 0.25) is 0 Å². The van der Waals surface area contributed by atoms with Crippen LogP contribution in [-0.2, 0) is 10.0 Å². The molecule has 1 N–H and O–H groups in total. The van der Waals surface area contributed by atoms with Crippen molar-refractivity contribution in [2.24, 2.45) is 0 Å². The van der Waals surface area contributed by atoms with Gasteiger partial charge in [-0.05, 0) is 61.4 Å². The Labute approximate surface area is 128 Å². The summed E-state index contributed by atoms with van der Waals surface area (Å²) in [5.74, 6) is 0. The van der Waals surface area contributed by atoms with E-state index in [4.69, 9.17) is 23.2 Å². The molecular formula is C14H13Cl2NO2S. The van der Waals surface area contributed by atoms with Crippen LogP contribution in [0, 0.1) is 13.8 Å². The van der Waals surface area contributed by atoms with Gasteiger partial charge in [0, 0.05) is 10.0 Å².